The fraction of sp³-hybridized carbons (Fsp3) is 0.308. The highest BCUT2D eigenvalue weighted by molar-refractivity contribution is 5.78. The highest BCUT2D eigenvalue weighted by atomic mass is 19.1. The zero-order valence-corrected chi connectivity index (χ0v) is 18.8. The number of hydrogen-bond acceptors (Lipinski definition) is 6. The molecule has 3 aromatic heterocycles. The first-order chi connectivity index (χ1) is 16.7. The quantitative estimate of drug-likeness (QED) is 0.391. The molecule has 0 radical (unpaired) electrons. The van der Waals surface area contributed by atoms with E-state index in [1.165, 1.54) is 25.0 Å². The van der Waals surface area contributed by atoms with E-state index in [4.69, 9.17) is 9.97 Å². The number of aromatic nitrogens is 5. The third kappa shape index (κ3) is 4.23. The monoisotopic (exact) mass is 455 g/mol. The van der Waals surface area contributed by atoms with Gasteiger partial charge in [0.15, 0.2) is 0 Å². The highest BCUT2D eigenvalue weighted by Crippen LogP contribution is 2.39. The molecule has 1 unspecified atom stereocenters. The van der Waals surface area contributed by atoms with Crippen molar-refractivity contribution >= 4 is 11.8 Å². The van der Waals surface area contributed by atoms with Crippen molar-refractivity contribution < 1.29 is 4.39 Å². The Labute approximate surface area is 197 Å². The molecule has 2 aliphatic rings. The molecule has 0 bridgehead atoms. The maximum atomic E-state index is 13.7. The first-order valence-corrected chi connectivity index (χ1v) is 11.8. The SMILES string of the molecule is Fc1ccc(-c2nc3n(c2-c2ccnc(NCC4CC4)n2)C(CNc2ccccn2)CC3)cc1. The lowest BCUT2D eigenvalue weighted by molar-refractivity contribution is 0.558. The minimum Gasteiger partial charge on any atom is -0.368 e. The lowest BCUT2D eigenvalue weighted by atomic mass is 10.1. The molecule has 1 fully saturated rings. The number of anilines is 2. The van der Waals surface area contributed by atoms with E-state index in [1.807, 2.05) is 24.3 Å². The molecule has 1 aromatic carbocycles. The van der Waals surface area contributed by atoms with Gasteiger partial charge in [-0.1, -0.05) is 6.07 Å². The van der Waals surface area contributed by atoms with E-state index < -0.39 is 0 Å². The van der Waals surface area contributed by atoms with Crippen molar-refractivity contribution in [3.05, 3.63) is 72.6 Å². The van der Waals surface area contributed by atoms with E-state index in [1.54, 1.807) is 24.5 Å². The molecule has 6 rings (SSSR count). The summed E-state index contributed by atoms with van der Waals surface area (Å²) in [5, 5.41) is 6.84. The van der Waals surface area contributed by atoms with Gasteiger partial charge in [0, 0.05) is 37.5 Å². The Kier molecular flexibility index (Phi) is 5.41. The van der Waals surface area contributed by atoms with Crippen LogP contribution in [-0.4, -0.2) is 37.6 Å². The van der Waals surface area contributed by atoms with E-state index in [0.717, 1.165) is 66.1 Å². The van der Waals surface area contributed by atoms with Crippen LogP contribution in [0.4, 0.5) is 16.2 Å². The third-order valence-electron chi connectivity index (χ3n) is 6.50. The summed E-state index contributed by atoms with van der Waals surface area (Å²) in [6.07, 6.45) is 7.97. The van der Waals surface area contributed by atoms with Crippen LogP contribution in [0.5, 0.6) is 0 Å². The predicted octanol–water partition coefficient (Wildman–Crippen LogP) is 4.96. The molecule has 4 aromatic rings. The average Bonchev–Trinajstić information content (AvgIpc) is 3.51. The number of aryl methyl sites for hydroxylation is 1. The van der Waals surface area contributed by atoms with Crippen LogP contribution in [0.2, 0.25) is 0 Å². The van der Waals surface area contributed by atoms with Gasteiger partial charge < -0.3 is 15.2 Å². The summed E-state index contributed by atoms with van der Waals surface area (Å²) < 4.78 is 15.9. The van der Waals surface area contributed by atoms with Crippen LogP contribution in [0.25, 0.3) is 22.6 Å². The van der Waals surface area contributed by atoms with Crippen LogP contribution in [-0.2, 0) is 6.42 Å². The summed E-state index contributed by atoms with van der Waals surface area (Å²) in [6, 6.07) is 14.5. The number of pyridine rings is 1. The van der Waals surface area contributed by atoms with Gasteiger partial charge in [0.2, 0.25) is 5.95 Å². The van der Waals surface area contributed by atoms with Gasteiger partial charge in [-0.05, 0) is 67.6 Å². The van der Waals surface area contributed by atoms with Crippen LogP contribution < -0.4 is 10.6 Å². The minimum atomic E-state index is -0.261. The molecule has 0 spiro atoms. The summed E-state index contributed by atoms with van der Waals surface area (Å²) in [6.45, 7) is 1.63. The van der Waals surface area contributed by atoms with E-state index in [2.05, 4.69) is 25.2 Å². The van der Waals surface area contributed by atoms with E-state index in [9.17, 15) is 4.39 Å². The van der Waals surface area contributed by atoms with Crippen molar-refractivity contribution in [3.8, 4) is 22.6 Å². The largest absolute Gasteiger partial charge is 0.368 e. The van der Waals surface area contributed by atoms with Crippen molar-refractivity contribution in [1.29, 1.82) is 0 Å². The lowest BCUT2D eigenvalue weighted by Gasteiger charge is -2.18. The second kappa shape index (κ2) is 8.85. The van der Waals surface area contributed by atoms with Crippen LogP contribution in [0.3, 0.4) is 0 Å². The van der Waals surface area contributed by atoms with Gasteiger partial charge >= 0.3 is 0 Å². The van der Waals surface area contributed by atoms with Gasteiger partial charge in [0.25, 0.3) is 0 Å². The number of benzene rings is 1. The van der Waals surface area contributed by atoms with Crippen molar-refractivity contribution in [2.45, 2.75) is 31.7 Å². The Bertz CT molecular complexity index is 1280. The summed E-state index contributed by atoms with van der Waals surface area (Å²) in [5.41, 5.74) is 3.46. The first-order valence-electron chi connectivity index (χ1n) is 11.8. The number of hydrogen-bond donors (Lipinski definition) is 2. The second-order valence-electron chi connectivity index (χ2n) is 8.98. The van der Waals surface area contributed by atoms with Gasteiger partial charge in [0.05, 0.1) is 23.1 Å². The van der Waals surface area contributed by atoms with Gasteiger partial charge in [-0.3, -0.25) is 0 Å². The highest BCUT2D eigenvalue weighted by Gasteiger charge is 2.31. The molecule has 1 aliphatic carbocycles. The average molecular weight is 456 g/mol. The van der Waals surface area contributed by atoms with Gasteiger partial charge in [0.1, 0.15) is 17.5 Å². The van der Waals surface area contributed by atoms with Crippen LogP contribution in [0.15, 0.2) is 60.9 Å². The Hall–Kier alpha value is -3.81. The summed E-state index contributed by atoms with van der Waals surface area (Å²) in [7, 11) is 0. The Balaban J connectivity index is 1.38. The van der Waals surface area contributed by atoms with Crippen LogP contribution in [0, 0.1) is 11.7 Å². The van der Waals surface area contributed by atoms with Crippen molar-refractivity contribution in [1.82, 2.24) is 24.5 Å². The van der Waals surface area contributed by atoms with Gasteiger partial charge in [-0.25, -0.2) is 24.3 Å². The number of imidazole rings is 1. The zero-order valence-electron chi connectivity index (χ0n) is 18.8. The topological polar surface area (TPSA) is 80.5 Å². The van der Waals surface area contributed by atoms with Gasteiger partial charge in [-0.2, -0.15) is 0 Å². The van der Waals surface area contributed by atoms with Crippen LogP contribution >= 0.6 is 0 Å². The molecule has 7 nitrogen and oxygen atoms in total. The molecule has 0 saturated heterocycles. The maximum absolute atomic E-state index is 13.7. The maximum Gasteiger partial charge on any atom is 0.223 e. The summed E-state index contributed by atoms with van der Waals surface area (Å²) in [4.78, 5) is 18.7. The van der Waals surface area contributed by atoms with Crippen molar-refractivity contribution in [3.63, 3.8) is 0 Å². The van der Waals surface area contributed by atoms with Crippen LogP contribution in [0.1, 0.15) is 31.1 Å². The normalized spacial score (nSPS) is 16.9. The molecule has 4 heterocycles. The Morgan fingerprint density at radius 3 is 2.56 bits per heavy atom. The molecular weight excluding hydrogens is 429 g/mol. The molecule has 1 saturated carbocycles. The number of nitrogens with one attached hydrogen (secondary N) is 2. The molecule has 2 N–H and O–H groups in total. The fourth-order valence-electron chi connectivity index (χ4n) is 4.54. The summed E-state index contributed by atoms with van der Waals surface area (Å²) in [5.74, 6) is 2.97. The summed E-state index contributed by atoms with van der Waals surface area (Å²) >= 11 is 0. The molecular formula is C26H26FN7. The van der Waals surface area contributed by atoms with E-state index in [-0.39, 0.29) is 11.9 Å². The van der Waals surface area contributed by atoms with Gasteiger partial charge in [-0.15, -0.1) is 0 Å². The number of rotatable bonds is 8. The molecule has 1 atom stereocenters. The number of halogens is 1. The first kappa shape index (κ1) is 20.8. The number of fused-ring (bicyclic) bond motifs is 1. The Morgan fingerprint density at radius 2 is 1.76 bits per heavy atom. The molecule has 0 amide bonds. The minimum absolute atomic E-state index is 0.201. The smallest absolute Gasteiger partial charge is 0.223 e. The third-order valence-corrected chi connectivity index (χ3v) is 6.50. The number of nitrogens with zero attached hydrogens (tertiary/aromatic N) is 5. The standard InChI is InChI=1S/C26H26FN7/c27-19-8-6-18(7-9-19)24-25(21-12-14-29-26(32-21)31-15-17-4-5-17)34-20(10-11-23(34)33-24)16-30-22-3-1-2-13-28-22/h1-3,6-9,12-14,17,20H,4-5,10-11,15-16H2,(H,28,30)(H,29,31,32). The molecule has 8 heteroatoms. The lowest BCUT2D eigenvalue weighted by Crippen LogP contribution is -2.17. The predicted molar refractivity (Wildman–Crippen MR) is 130 cm³/mol. The molecule has 1 aliphatic heterocycles. The fourth-order valence-corrected chi connectivity index (χ4v) is 4.54. The second-order valence-corrected chi connectivity index (χ2v) is 8.98. The van der Waals surface area contributed by atoms with Crippen molar-refractivity contribution in [2.75, 3.05) is 23.7 Å². The van der Waals surface area contributed by atoms with E-state index in [0.29, 0.717) is 5.95 Å². The molecule has 172 valence electrons. The Morgan fingerprint density at radius 1 is 0.882 bits per heavy atom. The van der Waals surface area contributed by atoms with Crippen molar-refractivity contribution in [2.24, 2.45) is 5.92 Å². The molecule has 34 heavy (non-hydrogen) atoms. The zero-order chi connectivity index (χ0) is 22.9. The van der Waals surface area contributed by atoms with E-state index >= 15 is 0 Å².